The van der Waals surface area contributed by atoms with Gasteiger partial charge in [-0.3, -0.25) is 0 Å². The largest absolute Gasteiger partial charge is 0.495 e. The van der Waals surface area contributed by atoms with Gasteiger partial charge in [0.25, 0.3) is 0 Å². The average molecular weight is 371 g/mol. The number of fused-ring (bicyclic) bond motifs is 1. The summed E-state index contributed by atoms with van der Waals surface area (Å²) in [4.78, 5) is 12.0. The van der Waals surface area contributed by atoms with Crippen LogP contribution in [0.15, 0.2) is 18.2 Å². The standard InChI is InChI=1S/C18H26N2O4.ClH/c1-5-6-12(10-19)11-24-15-7-8-16(22-3)17-13(15)9-14(20(17)2)18(21)23-4;/h7-9,12H,5-6,10-11,19H2,1-4H3;1H/t12-;/m0./s1. The van der Waals surface area contributed by atoms with Crippen molar-refractivity contribution in [1.29, 1.82) is 0 Å². The van der Waals surface area contributed by atoms with Gasteiger partial charge < -0.3 is 24.5 Å². The summed E-state index contributed by atoms with van der Waals surface area (Å²) < 4.78 is 18.0. The molecule has 0 fully saturated rings. The molecule has 0 unspecified atom stereocenters. The lowest BCUT2D eigenvalue weighted by molar-refractivity contribution is 0.0590. The SMILES string of the molecule is CCC[C@@H](CN)COc1ccc(OC)c2c1cc(C(=O)OC)n2C.Cl. The van der Waals surface area contributed by atoms with Crippen LogP contribution in [-0.2, 0) is 11.8 Å². The molecule has 0 aliphatic carbocycles. The van der Waals surface area contributed by atoms with Crippen molar-refractivity contribution in [2.24, 2.45) is 18.7 Å². The molecule has 0 saturated carbocycles. The molecule has 6 nitrogen and oxygen atoms in total. The van der Waals surface area contributed by atoms with E-state index in [2.05, 4.69) is 6.92 Å². The van der Waals surface area contributed by atoms with Gasteiger partial charge in [0, 0.05) is 18.4 Å². The molecule has 140 valence electrons. The number of benzene rings is 1. The van der Waals surface area contributed by atoms with Crippen molar-refractivity contribution in [3.8, 4) is 11.5 Å². The molecule has 2 N–H and O–H groups in total. The van der Waals surface area contributed by atoms with Crippen LogP contribution in [0.2, 0.25) is 0 Å². The maximum atomic E-state index is 12.0. The van der Waals surface area contributed by atoms with E-state index in [1.54, 1.807) is 24.8 Å². The van der Waals surface area contributed by atoms with Crippen molar-refractivity contribution >= 4 is 29.3 Å². The molecule has 0 spiro atoms. The van der Waals surface area contributed by atoms with Gasteiger partial charge in [0.15, 0.2) is 0 Å². The number of carbonyl (C=O) groups excluding carboxylic acids is 1. The third kappa shape index (κ3) is 4.38. The van der Waals surface area contributed by atoms with Crippen LogP contribution in [0.1, 0.15) is 30.3 Å². The highest BCUT2D eigenvalue weighted by Crippen LogP contribution is 2.35. The van der Waals surface area contributed by atoms with Gasteiger partial charge in [-0.1, -0.05) is 13.3 Å². The highest BCUT2D eigenvalue weighted by Gasteiger charge is 2.20. The molecule has 1 atom stereocenters. The number of ether oxygens (including phenoxy) is 3. The average Bonchev–Trinajstić information content (AvgIpc) is 2.95. The Bertz CT molecular complexity index is 715. The van der Waals surface area contributed by atoms with E-state index in [0.29, 0.717) is 36.3 Å². The fourth-order valence-corrected chi connectivity index (χ4v) is 2.89. The summed E-state index contributed by atoms with van der Waals surface area (Å²) in [6.45, 7) is 3.28. The van der Waals surface area contributed by atoms with E-state index in [1.807, 2.05) is 12.1 Å². The topological polar surface area (TPSA) is 75.7 Å². The van der Waals surface area contributed by atoms with Gasteiger partial charge in [-0.25, -0.2) is 4.79 Å². The predicted molar refractivity (Wildman–Crippen MR) is 101 cm³/mol. The Morgan fingerprint density at radius 2 is 1.96 bits per heavy atom. The van der Waals surface area contributed by atoms with E-state index in [9.17, 15) is 4.79 Å². The lowest BCUT2D eigenvalue weighted by atomic mass is 10.1. The van der Waals surface area contributed by atoms with Crippen LogP contribution in [-0.4, -0.2) is 37.9 Å². The minimum Gasteiger partial charge on any atom is -0.495 e. The Morgan fingerprint density at radius 3 is 2.52 bits per heavy atom. The molecule has 25 heavy (non-hydrogen) atoms. The van der Waals surface area contributed by atoms with Crippen LogP contribution in [0, 0.1) is 5.92 Å². The Balaban J connectivity index is 0.00000312. The third-order valence-electron chi connectivity index (χ3n) is 4.24. The number of nitrogens with zero attached hydrogens (tertiary/aromatic N) is 1. The van der Waals surface area contributed by atoms with Gasteiger partial charge in [-0.15, -0.1) is 12.4 Å². The maximum Gasteiger partial charge on any atom is 0.354 e. The van der Waals surface area contributed by atoms with Crippen molar-refractivity contribution in [3.63, 3.8) is 0 Å². The minimum atomic E-state index is -0.396. The number of rotatable bonds is 8. The van der Waals surface area contributed by atoms with Gasteiger partial charge in [0.2, 0.25) is 0 Å². The highest BCUT2D eigenvalue weighted by atomic mass is 35.5. The van der Waals surface area contributed by atoms with E-state index in [4.69, 9.17) is 19.9 Å². The molecule has 1 aromatic carbocycles. The predicted octanol–water partition coefficient (Wildman–Crippen LogP) is 3.15. The van der Waals surface area contributed by atoms with E-state index in [1.165, 1.54) is 7.11 Å². The summed E-state index contributed by atoms with van der Waals surface area (Å²) in [5, 5.41) is 0.824. The zero-order valence-corrected chi connectivity index (χ0v) is 16.0. The monoisotopic (exact) mass is 370 g/mol. The normalized spacial score (nSPS) is 11.7. The van der Waals surface area contributed by atoms with Gasteiger partial charge in [0.1, 0.15) is 17.2 Å². The summed E-state index contributed by atoms with van der Waals surface area (Å²) >= 11 is 0. The molecule has 2 rings (SSSR count). The number of halogens is 1. The second-order valence-corrected chi connectivity index (χ2v) is 5.81. The van der Waals surface area contributed by atoms with Crippen LogP contribution < -0.4 is 15.2 Å². The molecular formula is C18H27ClN2O4. The lowest BCUT2D eigenvalue weighted by Crippen LogP contribution is -2.21. The number of hydrogen-bond donors (Lipinski definition) is 1. The Kier molecular flexibility index (Phi) is 8.06. The van der Waals surface area contributed by atoms with E-state index >= 15 is 0 Å². The summed E-state index contributed by atoms with van der Waals surface area (Å²) in [6.07, 6.45) is 2.10. The number of esters is 1. The smallest absolute Gasteiger partial charge is 0.354 e. The first-order valence-electron chi connectivity index (χ1n) is 8.14. The summed E-state index contributed by atoms with van der Waals surface area (Å²) in [5.41, 5.74) is 7.05. The number of aryl methyl sites for hydroxylation is 1. The fourth-order valence-electron chi connectivity index (χ4n) is 2.89. The molecule has 1 aromatic heterocycles. The van der Waals surface area contributed by atoms with Gasteiger partial charge in [-0.2, -0.15) is 0 Å². The first-order chi connectivity index (χ1) is 11.6. The Morgan fingerprint density at radius 1 is 1.28 bits per heavy atom. The van der Waals surface area contributed by atoms with Crippen molar-refractivity contribution in [1.82, 2.24) is 4.57 Å². The molecule has 0 aliphatic rings. The zero-order chi connectivity index (χ0) is 17.7. The molecule has 1 heterocycles. The second-order valence-electron chi connectivity index (χ2n) is 5.81. The number of carbonyl (C=O) groups is 1. The van der Waals surface area contributed by atoms with Crippen molar-refractivity contribution in [3.05, 3.63) is 23.9 Å². The second kappa shape index (κ2) is 9.53. The molecule has 0 aliphatic heterocycles. The minimum absolute atomic E-state index is 0. The molecular weight excluding hydrogens is 344 g/mol. The van der Waals surface area contributed by atoms with Gasteiger partial charge in [0.05, 0.1) is 26.3 Å². The van der Waals surface area contributed by atoms with Crippen molar-refractivity contribution in [2.45, 2.75) is 19.8 Å². The van der Waals surface area contributed by atoms with E-state index in [0.717, 1.165) is 23.7 Å². The quantitative estimate of drug-likeness (QED) is 0.722. The molecule has 0 amide bonds. The summed E-state index contributed by atoms with van der Waals surface area (Å²) in [5.74, 6) is 1.31. The molecule has 7 heteroatoms. The highest BCUT2D eigenvalue weighted by molar-refractivity contribution is 6.00. The lowest BCUT2D eigenvalue weighted by Gasteiger charge is -2.16. The van der Waals surface area contributed by atoms with E-state index in [-0.39, 0.29) is 12.4 Å². The zero-order valence-electron chi connectivity index (χ0n) is 15.2. The number of methoxy groups -OCH3 is 2. The number of aromatic nitrogens is 1. The van der Waals surface area contributed by atoms with Crippen LogP contribution in [0.25, 0.3) is 10.9 Å². The first kappa shape index (κ1) is 21.1. The molecule has 0 radical (unpaired) electrons. The Labute approximate surface area is 154 Å². The number of nitrogens with two attached hydrogens (primary N) is 1. The van der Waals surface area contributed by atoms with Gasteiger partial charge >= 0.3 is 5.97 Å². The van der Waals surface area contributed by atoms with E-state index < -0.39 is 5.97 Å². The third-order valence-corrected chi connectivity index (χ3v) is 4.24. The van der Waals surface area contributed by atoms with Crippen molar-refractivity contribution < 1.29 is 19.0 Å². The number of hydrogen-bond acceptors (Lipinski definition) is 5. The maximum absolute atomic E-state index is 12.0. The van der Waals surface area contributed by atoms with Crippen molar-refractivity contribution in [2.75, 3.05) is 27.4 Å². The van der Waals surface area contributed by atoms with Crippen LogP contribution in [0.4, 0.5) is 0 Å². The summed E-state index contributed by atoms with van der Waals surface area (Å²) in [7, 11) is 4.78. The molecule has 0 bridgehead atoms. The van der Waals surface area contributed by atoms with Crippen LogP contribution in [0.3, 0.4) is 0 Å². The molecule has 2 aromatic rings. The van der Waals surface area contributed by atoms with Crippen LogP contribution >= 0.6 is 12.4 Å². The van der Waals surface area contributed by atoms with Gasteiger partial charge in [-0.05, 0) is 31.2 Å². The Hall–Kier alpha value is -1.92. The fraction of sp³-hybridized carbons (Fsp3) is 0.500. The molecule has 0 saturated heterocycles. The first-order valence-corrected chi connectivity index (χ1v) is 8.14. The summed E-state index contributed by atoms with van der Waals surface area (Å²) in [6, 6.07) is 5.48. The van der Waals surface area contributed by atoms with Crippen LogP contribution in [0.5, 0.6) is 11.5 Å².